The largest absolute Gasteiger partial charge is 0.460 e. The van der Waals surface area contributed by atoms with Gasteiger partial charge in [0.25, 0.3) is 0 Å². The molecule has 1 N–H and O–H groups in total. The van der Waals surface area contributed by atoms with E-state index in [0.29, 0.717) is 6.04 Å². The standard InChI is InChI=1S/C24H28ClN5O/c25-19-7-5-18(6-8-19)22-10-9-21(31-22)17-29-15-20(16-29)27-24-26-12-11-23(28-24)30-13-3-1-2-4-14-30/h5-12,20H,1-4,13-17H2,(H,26,27,28). The maximum absolute atomic E-state index is 6.03. The van der Waals surface area contributed by atoms with Gasteiger partial charge in [-0.05, 0) is 55.3 Å². The van der Waals surface area contributed by atoms with Crippen LogP contribution in [0.15, 0.2) is 53.1 Å². The minimum absolute atomic E-state index is 0.366. The molecule has 0 saturated carbocycles. The second-order valence-electron chi connectivity index (χ2n) is 8.45. The molecule has 2 aliphatic rings. The van der Waals surface area contributed by atoms with Gasteiger partial charge in [0.15, 0.2) is 0 Å². The number of hydrogen-bond donors (Lipinski definition) is 1. The zero-order chi connectivity index (χ0) is 21.0. The van der Waals surface area contributed by atoms with E-state index in [-0.39, 0.29) is 0 Å². The molecule has 0 spiro atoms. The summed E-state index contributed by atoms with van der Waals surface area (Å²) in [7, 11) is 0. The summed E-state index contributed by atoms with van der Waals surface area (Å²) in [5.74, 6) is 3.62. The lowest BCUT2D eigenvalue weighted by atomic mass is 10.1. The summed E-state index contributed by atoms with van der Waals surface area (Å²) >= 11 is 5.97. The van der Waals surface area contributed by atoms with Crippen molar-refractivity contribution >= 4 is 23.4 Å². The van der Waals surface area contributed by atoms with Crippen LogP contribution in [0.25, 0.3) is 11.3 Å². The van der Waals surface area contributed by atoms with Crippen molar-refractivity contribution in [2.75, 3.05) is 36.4 Å². The predicted octanol–water partition coefficient (Wildman–Crippen LogP) is 5.07. The first-order valence-corrected chi connectivity index (χ1v) is 11.5. The van der Waals surface area contributed by atoms with E-state index in [1.165, 1.54) is 25.7 Å². The van der Waals surface area contributed by atoms with E-state index >= 15 is 0 Å². The van der Waals surface area contributed by atoms with Crippen molar-refractivity contribution in [1.29, 1.82) is 0 Å². The average molecular weight is 438 g/mol. The molecular weight excluding hydrogens is 410 g/mol. The number of hydrogen-bond acceptors (Lipinski definition) is 6. The van der Waals surface area contributed by atoms with E-state index in [1.807, 2.05) is 42.6 Å². The molecule has 0 atom stereocenters. The van der Waals surface area contributed by atoms with Gasteiger partial charge in [-0.3, -0.25) is 4.90 Å². The molecule has 5 rings (SSSR count). The summed E-state index contributed by atoms with van der Waals surface area (Å²) in [5.41, 5.74) is 1.04. The Hall–Kier alpha value is -2.57. The first-order valence-electron chi connectivity index (χ1n) is 11.1. The van der Waals surface area contributed by atoms with Crippen LogP contribution in [0.2, 0.25) is 5.02 Å². The van der Waals surface area contributed by atoms with Gasteiger partial charge in [-0.15, -0.1) is 0 Å². The lowest BCUT2D eigenvalue weighted by molar-refractivity contribution is 0.141. The Morgan fingerprint density at radius 2 is 1.74 bits per heavy atom. The van der Waals surface area contributed by atoms with Crippen molar-refractivity contribution in [3.8, 4) is 11.3 Å². The molecule has 162 valence electrons. The van der Waals surface area contributed by atoms with E-state index < -0.39 is 0 Å². The van der Waals surface area contributed by atoms with E-state index in [0.717, 1.165) is 66.6 Å². The van der Waals surface area contributed by atoms with Gasteiger partial charge in [0.1, 0.15) is 17.3 Å². The van der Waals surface area contributed by atoms with Crippen LogP contribution in [0.1, 0.15) is 31.4 Å². The van der Waals surface area contributed by atoms with Crippen LogP contribution in [0, 0.1) is 0 Å². The molecule has 1 aromatic carbocycles. The molecule has 0 unspecified atom stereocenters. The molecule has 0 amide bonds. The Morgan fingerprint density at radius 1 is 0.968 bits per heavy atom. The zero-order valence-electron chi connectivity index (χ0n) is 17.6. The number of anilines is 2. The summed E-state index contributed by atoms with van der Waals surface area (Å²) in [5, 5.41) is 4.22. The molecule has 31 heavy (non-hydrogen) atoms. The highest BCUT2D eigenvalue weighted by Gasteiger charge is 2.28. The van der Waals surface area contributed by atoms with Crippen LogP contribution < -0.4 is 10.2 Å². The van der Waals surface area contributed by atoms with E-state index in [1.54, 1.807) is 0 Å². The molecule has 2 aliphatic heterocycles. The number of benzene rings is 1. The van der Waals surface area contributed by atoms with Gasteiger partial charge in [0.2, 0.25) is 5.95 Å². The molecule has 2 saturated heterocycles. The summed E-state index contributed by atoms with van der Waals surface area (Å²) < 4.78 is 6.03. The number of nitrogens with one attached hydrogen (secondary N) is 1. The van der Waals surface area contributed by atoms with Crippen LogP contribution in [0.4, 0.5) is 11.8 Å². The van der Waals surface area contributed by atoms with E-state index in [2.05, 4.69) is 26.2 Å². The van der Waals surface area contributed by atoms with Gasteiger partial charge in [0.05, 0.1) is 12.6 Å². The maximum Gasteiger partial charge on any atom is 0.224 e. The van der Waals surface area contributed by atoms with E-state index in [9.17, 15) is 0 Å². The minimum Gasteiger partial charge on any atom is -0.460 e. The number of likely N-dealkylation sites (tertiary alicyclic amines) is 1. The number of halogens is 1. The van der Waals surface area contributed by atoms with Gasteiger partial charge in [-0.2, -0.15) is 4.98 Å². The highest BCUT2D eigenvalue weighted by atomic mass is 35.5. The molecular formula is C24H28ClN5O. The molecule has 4 heterocycles. The van der Waals surface area contributed by atoms with Crippen LogP contribution in [0.3, 0.4) is 0 Å². The fraction of sp³-hybridized carbons (Fsp3) is 0.417. The van der Waals surface area contributed by atoms with Gasteiger partial charge >= 0.3 is 0 Å². The lowest BCUT2D eigenvalue weighted by Gasteiger charge is -2.39. The smallest absolute Gasteiger partial charge is 0.224 e. The first-order chi connectivity index (χ1) is 15.2. The molecule has 3 aromatic rings. The summed E-state index contributed by atoms with van der Waals surface area (Å²) in [6.45, 7) is 4.90. The Morgan fingerprint density at radius 3 is 2.52 bits per heavy atom. The number of aromatic nitrogens is 2. The van der Waals surface area contributed by atoms with E-state index in [4.69, 9.17) is 21.0 Å². The molecule has 2 fully saturated rings. The van der Waals surface area contributed by atoms with Crippen molar-refractivity contribution in [2.24, 2.45) is 0 Å². The summed E-state index contributed by atoms with van der Waals surface area (Å²) in [6, 6.07) is 14.2. The topological polar surface area (TPSA) is 57.4 Å². The van der Waals surface area contributed by atoms with Crippen molar-refractivity contribution in [3.05, 3.63) is 59.4 Å². The SMILES string of the molecule is Clc1ccc(-c2ccc(CN3CC(Nc4nccc(N5CCCCCC5)n4)C3)o2)cc1. The number of rotatable bonds is 6. The molecule has 0 radical (unpaired) electrons. The molecule has 6 nitrogen and oxygen atoms in total. The quantitative estimate of drug-likeness (QED) is 0.581. The maximum atomic E-state index is 6.03. The van der Waals surface area contributed by atoms with Crippen molar-refractivity contribution in [2.45, 2.75) is 38.3 Å². The fourth-order valence-electron chi connectivity index (χ4n) is 4.32. The lowest BCUT2D eigenvalue weighted by Crippen LogP contribution is -2.54. The predicted molar refractivity (Wildman–Crippen MR) is 125 cm³/mol. The Kier molecular flexibility index (Phi) is 6.09. The van der Waals surface area contributed by atoms with Gasteiger partial charge < -0.3 is 14.6 Å². The Labute approximate surface area is 188 Å². The molecule has 0 aliphatic carbocycles. The van der Waals surface area contributed by atoms with Crippen LogP contribution in [-0.4, -0.2) is 47.1 Å². The van der Waals surface area contributed by atoms with Crippen LogP contribution in [-0.2, 0) is 6.54 Å². The van der Waals surface area contributed by atoms with Crippen LogP contribution in [0.5, 0.6) is 0 Å². The highest BCUT2D eigenvalue weighted by molar-refractivity contribution is 6.30. The average Bonchev–Trinajstić information content (AvgIpc) is 3.05. The van der Waals surface area contributed by atoms with Crippen molar-refractivity contribution in [1.82, 2.24) is 14.9 Å². The zero-order valence-corrected chi connectivity index (χ0v) is 18.4. The first kappa shape index (κ1) is 20.3. The monoisotopic (exact) mass is 437 g/mol. The number of furan rings is 1. The highest BCUT2D eigenvalue weighted by Crippen LogP contribution is 2.26. The van der Waals surface area contributed by atoms with Crippen molar-refractivity contribution < 1.29 is 4.42 Å². The third-order valence-electron chi connectivity index (χ3n) is 6.03. The van der Waals surface area contributed by atoms with Crippen LogP contribution >= 0.6 is 11.6 Å². The fourth-order valence-corrected chi connectivity index (χ4v) is 4.45. The second-order valence-corrected chi connectivity index (χ2v) is 8.88. The Bertz CT molecular complexity index is 991. The molecule has 7 heteroatoms. The van der Waals surface area contributed by atoms with Gasteiger partial charge in [-0.25, -0.2) is 4.98 Å². The minimum atomic E-state index is 0.366. The normalized spacial score (nSPS) is 17.9. The number of nitrogens with zero attached hydrogens (tertiary/aromatic N) is 4. The summed E-state index contributed by atoms with van der Waals surface area (Å²) in [4.78, 5) is 14.0. The van der Waals surface area contributed by atoms with Crippen molar-refractivity contribution in [3.63, 3.8) is 0 Å². The molecule has 0 bridgehead atoms. The van der Waals surface area contributed by atoms with Gasteiger partial charge in [0, 0.05) is 43.0 Å². The second kappa shape index (κ2) is 9.28. The third kappa shape index (κ3) is 5.02. The summed E-state index contributed by atoms with van der Waals surface area (Å²) in [6.07, 6.45) is 7.00. The van der Waals surface area contributed by atoms with Gasteiger partial charge in [-0.1, -0.05) is 24.4 Å². The third-order valence-corrected chi connectivity index (χ3v) is 6.28. The Balaban J connectivity index is 1.12. The molecule has 2 aromatic heterocycles.